The summed E-state index contributed by atoms with van der Waals surface area (Å²) < 4.78 is 19.4. The largest absolute Gasteiger partial charge is 0.368 e. The van der Waals surface area contributed by atoms with E-state index < -0.39 is 30.4 Å². The van der Waals surface area contributed by atoms with Crippen LogP contribution < -0.4 is 4.90 Å². The van der Waals surface area contributed by atoms with Crippen LogP contribution in [0, 0.1) is 0 Å². The normalized spacial score (nSPS) is 17.3. The van der Waals surface area contributed by atoms with Gasteiger partial charge in [-0.1, -0.05) is 58.9 Å². The molecular weight excluding hydrogens is 497 g/mol. The van der Waals surface area contributed by atoms with Crippen molar-refractivity contribution in [2.24, 2.45) is 0 Å². The van der Waals surface area contributed by atoms with E-state index in [0.29, 0.717) is 31.3 Å². The minimum atomic E-state index is -1.26. The lowest BCUT2D eigenvalue weighted by molar-refractivity contribution is -0.0520. The molecule has 0 fully saturated rings. The van der Waals surface area contributed by atoms with Gasteiger partial charge in [0.25, 0.3) is 0 Å². The highest BCUT2D eigenvalue weighted by Crippen LogP contribution is 2.34. The summed E-state index contributed by atoms with van der Waals surface area (Å²) >= 11 is 0. The van der Waals surface area contributed by atoms with Crippen LogP contribution in [0.25, 0.3) is 0 Å². The standard InChI is InChI=1S/C23H48N4O5Si3/c1-33(2,3)13-10-30-17-25-16-24-21-20(25)22(28)27(19-32-12-15-35(7,8)9)23(29)26(21)18-31-11-14-34(4,5)6/h16,22,28H,10-15,17-19H2,1-9H3. The molecule has 1 unspecified atom stereocenters. The van der Waals surface area contributed by atoms with Gasteiger partial charge in [-0.2, -0.15) is 0 Å². The molecule has 0 aromatic carbocycles. The highest BCUT2D eigenvalue weighted by molar-refractivity contribution is 6.76. The number of urea groups is 1. The van der Waals surface area contributed by atoms with Crippen molar-refractivity contribution in [1.82, 2.24) is 14.5 Å². The second-order valence-corrected chi connectivity index (χ2v) is 29.9. The number of aliphatic hydroxyl groups is 1. The highest BCUT2D eigenvalue weighted by atomic mass is 28.3. The van der Waals surface area contributed by atoms with Crippen molar-refractivity contribution in [3.05, 3.63) is 12.0 Å². The Kier molecular flexibility index (Phi) is 10.8. The minimum absolute atomic E-state index is 0.0109. The first kappa shape index (κ1) is 30.2. The number of amides is 2. The average molecular weight is 545 g/mol. The number of anilines is 1. The fourth-order valence-electron chi connectivity index (χ4n) is 3.31. The molecule has 2 rings (SSSR count). The molecule has 1 aromatic heterocycles. The van der Waals surface area contributed by atoms with Crippen LogP contribution in [0.5, 0.6) is 0 Å². The molecule has 1 aliphatic rings. The van der Waals surface area contributed by atoms with Gasteiger partial charge in [-0.25, -0.2) is 9.78 Å². The number of rotatable bonds is 15. The molecule has 12 heteroatoms. The van der Waals surface area contributed by atoms with Crippen LogP contribution in [0.3, 0.4) is 0 Å². The van der Waals surface area contributed by atoms with E-state index >= 15 is 0 Å². The number of fused-ring (bicyclic) bond motifs is 1. The van der Waals surface area contributed by atoms with Crippen molar-refractivity contribution in [3.63, 3.8) is 0 Å². The molecule has 0 saturated heterocycles. The Labute approximate surface area is 214 Å². The Hall–Kier alpha value is -1.03. The van der Waals surface area contributed by atoms with Crippen molar-refractivity contribution in [2.45, 2.75) is 90.0 Å². The Balaban J connectivity index is 2.14. The molecule has 0 aliphatic carbocycles. The Morgan fingerprint density at radius 2 is 1.26 bits per heavy atom. The average Bonchev–Trinajstić information content (AvgIpc) is 3.11. The van der Waals surface area contributed by atoms with Gasteiger partial charge < -0.3 is 23.9 Å². The maximum Gasteiger partial charge on any atom is 0.331 e. The molecule has 1 atom stereocenters. The van der Waals surface area contributed by atoms with Crippen molar-refractivity contribution in [3.8, 4) is 0 Å². The molecule has 9 nitrogen and oxygen atoms in total. The van der Waals surface area contributed by atoms with E-state index in [1.165, 1.54) is 9.80 Å². The number of aliphatic hydroxyl groups excluding tert-OH is 1. The number of carbonyl (C=O) groups is 1. The van der Waals surface area contributed by atoms with Gasteiger partial charge in [0.2, 0.25) is 0 Å². The summed E-state index contributed by atoms with van der Waals surface area (Å²) in [6.07, 6.45) is 0.464. The summed E-state index contributed by atoms with van der Waals surface area (Å²) in [6, 6.07) is 2.69. The second-order valence-electron chi connectivity index (χ2n) is 13.0. The predicted octanol–water partition coefficient (Wildman–Crippen LogP) is 5.05. The summed E-state index contributed by atoms with van der Waals surface area (Å²) in [6.45, 7) is 22.8. The van der Waals surface area contributed by atoms with Gasteiger partial charge in [0.05, 0.1) is 6.33 Å². The van der Waals surface area contributed by atoms with E-state index in [2.05, 4.69) is 63.9 Å². The quantitative estimate of drug-likeness (QED) is 0.245. The zero-order valence-corrected chi connectivity index (χ0v) is 26.4. The van der Waals surface area contributed by atoms with Crippen LogP contribution in [0.2, 0.25) is 77.1 Å². The van der Waals surface area contributed by atoms with E-state index in [-0.39, 0.29) is 26.2 Å². The number of ether oxygens (including phenoxy) is 3. The fourth-order valence-corrected chi connectivity index (χ4v) is 5.58. The minimum Gasteiger partial charge on any atom is -0.368 e. The fraction of sp³-hybridized carbons (Fsp3) is 0.826. The smallest absolute Gasteiger partial charge is 0.331 e. The Morgan fingerprint density at radius 3 is 1.74 bits per heavy atom. The molecule has 2 heterocycles. The molecule has 0 bridgehead atoms. The number of imidazole rings is 1. The molecule has 202 valence electrons. The molecule has 0 saturated carbocycles. The summed E-state index contributed by atoms with van der Waals surface area (Å²) in [4.78, 5) is 20.6. The lowest BCUT2D eigenvalue weighted by Crippen LogP contribution is -2.51. The van der Waals surface area contributed by atoms with Gasteiger partial charge in [0.15, 0.2) is 12.0 Å². The Bertz CT molecular complexity index is 818. The highest BCUT2D eigenvalue weighted by Gasteiger charge is 2.40. The van der Waals surface area contributed by atoms with Crippen LogP contribution >= 0.6 is 0 Å². The van der Waals surface area contributed by atoms with Crippen molar-refractivity contribution in [1.29, 1.82) is 0 Å². The molecule has 0 spiro atoms. The van der Waals surface area contributed by atoms with Crippen molar-refractivity contribution >= 4 is 36.1 Å². The third-order valence-electron chi connectivity index (χ3n) is 5.80. The molecule has 2 amide bonds. The topological polar surface area (TPSA) is 89.3 Å². The second kappa shape index (κ2) is 12.5. The summed E-state index contributed by atoms with van der Waals surface area (Å²) in [5.74, 6) is 0.419. The molecule has 1 aromatic rings. The number of aromatic nitrogens is 2. The van der Waals surface area contributed by atoms with Crippen molar-refractivity contribution in [2.75, 3.05) is 38.2 Å². The summed E-state index contributed by atoms with van der Waals surface area (Å²) in [7, 11) is -3.72. The molecule has 1 N–H and O–H groups in total. The van der Waals surface area contributed by atoms with Gasteiger partial charge in [-0.05, 0) is 18.1 Å². The molecule has 35 heavy (non-hydrogen) atoms. The monoisotopic (exact) mass is 544 g/mol. The third-order valence-corrected chi connectivity index (χ3v) is 10.9. The first-order valence-corrected chi connectivity index (χ1v) is 23.8. The lowest BCUT2D eigenvalue weighted by atomic mass is 10.2. The maximum atomic E-state index is 13.3. The van der Waals surface area contributed by atoms with Gasteiger partial charge in [0.1, 0.15) is 25.9 Å². The summed E-state index contributed by atoms with van der Waals surface area (Å²) in [5, 5.41) is 11.2. The van der Waals surface area contributed by atoms with Gasteiger partial charge in [-0.3, -0.25) is 9.80 Å². The zero-order valence-electron chi connectivity index (χ0n) is 23.4. The van der Waals surface area contributed by atoms with Crippen LogP contribution in [0.15, 0.2) is 6.33 Å². The van der Waals surface area contributed by atoms with Gasteiger partial charge in [0, 0.05) is 44.0 Å². The van der Waals surface area contributed by atoms with E-state index in [1.807, 2.05) is 0 Å². The van der Waals surface area contributed by atoms with E-state index in [1.54, 1.807) is 10.9 Å². The number of hydrogen-bond acceptors (Lipinski definition) is 6. The number of hydrogen-bond donors (Lipinski definition) is 1. The van der Waals surface area contributed by atoms with Crippen LogP contribution in [0.4, 0.5) is 10.6 Å². The van der Waals surface area contributed by atoms with E-state index in [0.717, 1.165) is 18.1 Å². The van der Waals surface area contributed by atoms with Gasteiger partial charge >= 0.3 is 6.03 Å². The zero-order chi connectivity index (χ0) is 26.4. The first-order valence-electron chi connectivity index (χ1n) is 12.6. The number of nitrogens with zero attached hydrogens (tertiary/aromatic N) is 4. The molecular formula is C23H48N4O5Si3. The van der Waals surface area contributed by atoms with Crippen LogP contribution in [0.1, 0.15) is 11.9 Å². The van der Waals surface area contributed by atoms with Crippen LogP contribution in [-0.2, 0) is 20.9 Å². The van der Waals surface area contributed by atoms with E-state index in [4.69, 9.17) is 14.2 Å². The number of carbonyl (C=O) groups excluding carboxylic acids is 1. The molecule has 0 radical (unpaired) electrons. The van der Waals surface area contributed by atoms with Crippen LogP contribution in [-0.4, -0.2) is 83.1 Å². The molecule has 1 aliphatic heterocycles. The van der Waals surface area contributed by atoms with E-state index in [9.17, 15) is 9.90 Å². The van der Waals surface area contributed by atoms with Gasteiger partial charge in [-0.15, -0.1) is 0 Å². The predicted molar refractivity (Wildman–Crippen MR) is 149 cm³/mol. The SMILES string of the molecule is C[Si](C)(C)CCOCN1C(=O)N(COCC[Si](C)(C)C)C(O)c2c1ncn2COCC[Si](C)(C)C. The Morgan fingerprint density at radius 1 is 0.800 bits per heavy atom. The van der Waals surface area contributed by atoms with Crippen molar-refractivity contribution < 1.29 is 24.1 Å². The maximum absolute atomic E-state index is 13.3. The third kappa shape index (κ3) is 10.1. The first-order chi connectivity index (χ1) is 16.1. The lowest BCUT2D eigenvalue weighted by Gasteiger charge is -2.38. The summed E-state index contributed by atoms with van der Waals surface area (Å²) in [5.41, 5.74) is 0.528.